The number of aromatic nitrogens is 2. The highest BCUT2D eigenvalue weighted by atomic mass is 16.6. The number of carbonyl (C=O) groups excluding carboxylic acids is 2. The molecule has 1 aliphatic carbocycles. The second-order valence-electron chi connectivity index (χ2n) is 7.91. The van der Waals surface area contributed by atoms with Gasteiger partial charge in [0.15, 0.2) is 11.5 Å². The van der Waals surface area contributed by atoms with E-state index in [1.807, 2.05) is 12.1 Å². The molecule has 5 rings (SSSR count). The summed E-state index contributed by atoms with van der Waals surface area (Å²) in [5.41, 5.74) is 2.94. The number of ether oxygens (including phenoxy) is 2. The Morgan fingerprint density at radius 1 is 1.10 bits per heavy atom. The van der Waals surface area contributed by atoms with Crippen LogP contribution in [-0.2, 0) is 0 Å². The van der Waals surface area contributed by atoms with Gasteiger partial charge in [0, 0.05) is 23.1 Å². The van der Waals surface area contributed by atoms with Crippen molar-refractivity contribution >= 4 is 23.2 Å². The molecule has 2 atom stereocenters. The van der Waals surface area contributed by atoms with Crippen LogP contribution in [0.2, 0.25) is 0 Å². The summed E-state index contributed by atoms with van der Waals surface area (Å²) in [6.45, 7) is 1.02. The van der Waals surface area contributed by atoms with E-state index in [2.05, 4.69) is 10.3 Å². The van der Waals surface area contributed by atoms with E-state index in [4.69, 9.17) is 14.5 Å². The van der Waals surface area contributed by atoms with E-state index in [-0.39, 0.29) is 17.9 Å². The molecule has 7 heteroatoms. The summed E-state index contributed by atoms with van der Waals surface area (Å²) < 4.78 is 11.1. The van der Waals surface area contributed by atoms with E-state index in [1.165, 1.54) is 0 Å². The Labute approximate surface area is 173 Å². The Bertz CT molecular complexity index is 1110. The second-order valence-corrected chi connectivity index (χ2v) is 7.91. The summed E-state index contributed by atoms with van der Waals surface area (Å²) in [5, 5.41) is 3.17. The maximum Gasteiger partial charge on any atom is 0.251 e. The number of hydrogen-bond donors (Lipinski definition) is 2. The lowest BCUT2D eigenvalue weighted by molar-refractivity contribution is 0.0923. The van der Waals surface area contributed by atoms with Crippen LogP contribution in [0.25, 0.3) is 11.0 Å². The average molecular weight is 405 g/mol. The first-order valence-corrected chi connectivity index (χ1v) is 10.3. The Kier molecular flexibility index (Phi) is 4.86. The highest BCUT2D eigenvalue weighted by Crippen LogP contribution is 2.34. The third kappa shape index (κ3) is 3.63. The van der Waals surface area contributed by atoms with Crippen LogP contribution in [0.4, 0.5) is 0 Å². The molecule has 0 radical (unpaired) electrons. The summed E-state index contributed by atoms with van der Waals surface area (Å²) in [5.74, 6) is 2.37. The zero-order valence-electron chi connectivity index (χ0n) is 16.5. The van der Waals surface area contributed by atoms with Crippen LogP contribution in [-0.4, -0.2) is 41.4 Å². The van der Waals surface area contributed by atoms with Crippen LogP contribution in [0.3, 0.4) is 0 Å². The average Bonchev–Trinajstić information content (AvgIpc) is 3.22. The first-order chi connectivity index (χ1) is 14.7. The van der Waals surface area contributed by atoms with E-state index in [0.717, 1.165) is 48.8 Å². The third-order valence-electron chi connectivity index (χ3n) is 5.86. The maximum absolute atomic E-state index is 12.8. The molecule has 1 aromatic heterocycles. The third-order valence-corrected chi connectivity index (χ3v) is 5.86. The van der Waals surface area contributed by atoms with Gasteiger partial charge >= 0.3 is 0 Å². The smallest absolute Gasteiger partial charge is 0.251 e. The Balaban J connectivity index is 1.28. The molecule has 7 nitrogen and oxygen atoms in total. The molecule has 2 aliphatic rings. The number of carbonyl (C=O) groups is 2. The maximum atomic E-state index is 12.8. The Morgan fingerprint density at radius 3 is 2.83 bits per heavy atom. The molecular formula is C23H23N3O4. The first kappa shape index (κ1) is 18.7. The molecule has 1 aliphatic heterocycles. The number of benzene rings is 2. The van der Waals surface area contributed by atoms with E-state index in [1.54, 1.807) is 24.3 Å². The van der Waals surface area contributed by atoms with Gasteiger partial charge in [0.2, 0.25) is 0 Å². The monoisotopic (exact) mass is 405 g/mol. The highest BCUT2D eigenvalue weighted by Gasteiger charge is 2.27. The summed E-state index contributed by atoms with van der Waals surface area (Å²) in [6, 6.07) is 10.8. The van der Waals surface area contributed by atoms with Crippen molar-refractivity contribution < 1.29 is 19.1 Å². The van der Waals surface area contributed by atoms with Crippen molar-refractivity contribution in [3.8, 4) is 11.5 Å². The molecule has 30 heavy (non-hydrogen) atoms. The predicted molar refractivity (Wildman–Crippen MR) is 111 cm³/mol. The van der Waals surface area contributed by atoms with Gasteiger partial charge in [0.1, 0.15) is 25.3 Å². The molecular weight excluding hydrogens is 382 g/mol. The minimum absolute atomic E-state index is 0.0863. The molecule has 0 saturated heterocycles. The van der Waals surface area contributed by atoms with Crippen molar-refractivity contribution in [2.45, 2.75) is 37.6 Å². The molecule has 1 amide bonds. The van der Waals surface area contributed by atoms with Gasteiger partial charge in [-0.05, 0) is 55.7 Å². The van der Waals surface area contributed by atoms with Crippen molar-refractivity contribution in [2.24, 2.45) is 0 Å². The number of aldehydes is 1. The van der Waals surface area contributed by atoms with Crippen molar-refractivity contribution in [3.63, 3.8) is 0 Å². The number of hydrogen-bond acceptors (Lipinski definition) is 5. The van der Waals surface area contributed by atoms with E-state index >= 15 is 0 Å². The number of amides is 1. The number of H-pyrrole nitrogens is 1. The number of nitrogens with one attached hydrogen (secondary N) is 2. The molecule has 2 heterocycles. The minimum Gasteiger partial charge on any atom is -0.486 e. The van der Waals surface area contributed by atoms with Gasteiger partial charge in [-0.25, -0.2) is 4.98 Å². The largest absolute Gasteiger partial charge is 0.486 e. The molecule has 2 aromatic carbocycles. The van der Waals surface area contributed by atoms with Crippen LogP contribution in [0.5, 0.6) is 11.5 Å². The van der Waals surface area contributed by atoms with Crippen LogP contribution >= 0.6 is 0 Å². The van der Waals surface area contributed by atoms with Crippen molar-refractivity contribution in [1.82, 2.24) is 15.3 Å². The molecule has 0 bridgehead atoms. The van der Waals surface area contributed by atoms with E-state index in [9.17, 15) is 9.59 Å². The molecule has 0 spiro atoms. The lowest BCUT2D eigenvalue weighted by Crippen LogP contribution is -2.38. The number of fused-ring (bicyclic) bond motifs is 2. The molecule has 1 fully saturated rings. The number of aromatic amines is 1. The quantitative estimate of drug-likeness (QED) is 0.647. The van der Waals surface area contributed by atoms with Crippen molar-refractivity contribution in [3.05, 3.63) is 53.3 Å². The van der Waals surface area contributed by atoms with Crippen molar-refractivity contribution in [2.75, 3.05) is 13.2 Å². The summed E-state index contributed by atoms with van der Waals surface area (Å²) in [6.07, 6.45) is 4.66. The lowest BCUT2D eigenvalue weighted by atomic mass is 9.85. The zero-order chi connectivity index (χ0) is 20.5. The standard InChI is InChI=1S/C23H23N3O4/c27-13-14-4-6-18-19(10-14)26-22(25-18)15-2-1-3-17(11-15)24-23(28)16-5-7-20-21(12-16)30-9-8-29-20/h4-7,10,12-13,15,17H,1-3,8-9,11H2,(H,24,28)(H,25,26). The molecule has 3 aromatic rings. The van der Waals surface area contributed by atoms with Gasteiger partial charge in [-0.1, -0.05) is 6.42 Å². The van der Waals surface area contributed by atoms with Crippen LogP contribution < -0.4 is 14.8 Å². The van der Waals surface area contributed by atoms with E-state index < -0.39 is 0 Å². The normalized spacial score (nSPS) is 20.7. The van der Waals surface area contributed by atoms with Gasteiger partial charge in [-0.2, -0.15) is 0 Å². The van der Waals surface area contributed by atoms with Gasteiger partial charge in [0.05, 0.1) is 11.0 Å². The topological polar surface area (TPSA) is 93.3 Å². The van der Waals surface area contributed by atoms with Gasteiger partial charge < -0.3 is 19.8 Å². The van der Waals surface area contributed by atoms with Crippen LogP contribution in [0.1, 0.15) is 58.1 Å². The molecule has 2 unspecified atom stereocenters. The van der Waals surface area contributed by atoms with Gasteiger partial charge in [-0.3, -0.25) is 9.59 Å². The Hall–Kier alpha value is -3.35. The number of imidazole rings is 1. The van der Waals surface area contributed by atoms with Crippen LogP contribution in [0.15, 0.2) is 36.4 Å². The van der Waals surface area contributed by atoms with E-state index in [0.29, 0.717) is 35.8 Å². The van der Waals surface area contributed by atoms with Crippen LogP contribution in [0, 0.1) is 0 Å². The highest BCUT2D eigenvalue weighted by molar-refractivity contribution is 5.95. The molecule has 1 saturated carbocycles. The van der Waals surface area contributed by atoms with Gasteiger partial charge in [0.25, 0.3) is 5.91 Å². The number of rotatable bonds is 4. The molecule has 2 N–H and O–H groups in total. The fourth-order valence-corrected chi connectivity index (χ4v) is 4.34. The van der Waals surface area contributed by atoms with Crippen molar-refractivity contribution in [1.29, 1.82) is 0 Å². The fraction of sp³-hybridized carbons (Fsp3) is 0.348. The Morgan fingerprint density at radius 2 is 1.97 bits per heavy atom. The number of nitrogens with zero attached hydrogens (tertiary/aromatic N) is 1. The zero-order valence-corrected chi connectivity index (χ0v) is 16.5. The first-order valence-electron chi connectivity index (χ1n) is 10.3. The predicted octanol–water partition coefficient (Wildman–Crippen LogP) is 3.60. The minimum atomic E-state index is -0.0992. The SMILES string of the molecule is O=Cc1ccc2nc(C3CCCC(NC(=O)c4ccc5c(c4)OCCO5)C3)[nH]c2c1. The summed E-state index contributed by atoms with van der Waals surface area (Å²) >= 11 is 0. The lowest BCUT2D eigenvalue weighted by Gasteiger charge is -2.29. The summed E-state index contributed by atoms with van der Waals surface area (Å²) in [7, 11) is 0. The molecule has 154 valence electrons. The van der Waals surface area contributed by atoms with Gasteiger partial charge in [-0.15, -0.1) is 0 Å². The summed E-state index contributed by atoms with van der Waals surface area (Å²) in [4.78, 5) is 31.9. The second kappa shape index (κ2) is 7.82. The fourth-order valence-electron chi connectivity index (χ4n) is 4.34.